The number of hydrogen-bond acceptors (Lipinski definition) is 5. The summed E-state index contributed by atoms with van der Waals surface area (Å²) in [5.74, 6) is -1.65. The third-order valence-electron chi connectivity index (χ3n) is 3.97. The molecule has 0 unspecified atom stereocenters. The lowest BCUT2D eigenvalue weighted by Gasteiger charge is -2.27. The molecule has 3 rings (SSSR count). The Bertz CT molecular complexity index is 710. The van der Waals surface area contributed by atoms with E-state index >= 15 is 0 Å². The predicted octanol–water partition coefficient (Wildman–Crippen LogP) is 2.42. The quantitative estimate of drug-likeness (QED) is 0.868. The van der Waals surface area contributed by atoms with Gasteiger partial charge >= 0.3 is 5.97 Å². The van der Waals surface area contributed by atoms with Crippen LogP contribution in [0.1, 0.15) is 22.5 Å². The second kappa shape index (κ2) is 7.55. The number of ether oxygens (including phenoxy) is 1. The van der Waals surface area contributed by atoms with E-state index in [0.717, 1.165) is 23.4 Å². The molecule has 1 saturated heterocycles. The van der Waals surface area contributed by atoms with Gasteiger partial charge in [0.15, 0.2) is 0 Å². The van der Waals surface area contributed by atoms with E-state index in [1.165, 1.54) is 17.5 Å². The van der Waals surface area contributed by atoms with E-state index in [1.807, 2.05) is 30.3 Å². The van der Waals surface area contributed by atoms with Crippen LogP contribution in [0.3, 0.4) is 0 Å². The average molecular weight is 346 g/mol. The molecule has 1 fully saturated rings. The van der Waals surface area contributed by atoms with Crippen molar-refractivity contribution >= 4 is 23.2 Å². The van der Waals surface area contributed by atoms with Crippen molar-refractivity contribution < 1.29 is 19.4 Å². The first-order valence-electron chi connectivity index (χ1n) is 7.78. The van der Waals surface area contributed by atoms with E-state index in [4.69, 9.17) is 4.74 Å². The molecule has 0 bridgehead atoms. The minimum Gasteiger partial charge on any atom is -0.480 e. The number of hydrogen-bond donors (Lipinski definition) is 2. The van der Waals surface area contributed by atoms with Crippen molar-refractivity contribution in [3.05, 3.63) is 41.4 Å². The third kappa shape index (κ3) is 3.80. The number of nitrogens with one attached hydrogen (secondary N) is 1. The molecule has 2 atom stereocenters. The van der Waals surface area contributed by atoms with Crippen molar-refractivity contribution in [2.75, 3.05) is 13.2 Å². The molecular formula is C17H18N2O4S. The van der Waals surface area contributed by atoms with Crippen LogP contribution < -0.4 is 5.32 Å². The highest BCUT2D eigenvalue weighted by Crippen LogP contribution is 2.25. The molecule has 126 valence electrons. The van der Waals surface area contributed by atoms with Gasteiger partial charge in [-0.15, -0.1) is 11.3 Å². The van der Waals surface area contributed by atoms with Crippen molar-refractivity contribution in [2.45, 2.75) is 18.9 Å². The van der Waals surface area contributed by atoms with Gasteiger partial charge in [-0.1, -0.05) is 30.3 Å². The van der Waals surface area contributed by atoms with Crippen molar-refractivity contribution in [1.82, 2.24) is 10.3 Å². The summed E-state index contributed by atoms with van der Waals surface area (Å²) < 4.78 is 5.34. The lowest BCUT2D eigenvalue weighted by atomic mass is 9.93. The summed E-state index contributed by atoms with van der Waals surface area (Å²) in [5, 5.41) is 12.8. The number of carbonyl (C=O) groups excluding carboxylic acids is 1. The van der Waals surface area contributed by atoms with Gasteiger partial charge in [-0.3, -0.25) is 4.79 Å². The highest BCUT2D eigenvalue weighted by Gasteiger charge is 2.32. The standard InChI is InChI=1S/C17H18N2O4S/c20-15(19-14(17(21)22)12-7-4-8-23-10-12)13-9-18-16(24-13)11-5-2-1-3-6-11/h1-3,5-6,9,12,14H,4,7-8,10H2,(H,19,20)(H,21,22)/t12-,14-/m0/s1. The first-order valence-corrected chi connectivity index (χ1v) is 8.59. The zero-order valence-electron chi connectivity index (χ0n) is 13.0. The number of aromatic nitrogens is 1. The summed E-state index contributed by atoms with van der Waals surface area (Å²) in [6.07, 6.45) is 3.02. The molecule has 2 heterocycles. The van der Waals surface area contributed by atoms with Crippen LogP contribution in [0.5, 0.6) is 0 Å². The van der Waals surface area contributed by atoms with Gasteiger partial charge in [-0.25, -0.2) is 9.78 Å². The minimum absolute atomic E-state index is 0.207. The van der Waals surface area contributed by atoms with Crippen molar-refractivity contribution in [1.29, 1.82) is 0 Å². The lowest BCUT2D eigenvalue weighted by molar-refractivity contribution is -0.142. The Morgan fingerprint density at radius 3 is 2.79 bits per heavy atom. The largest absolute Gasteiger partial charge is 0.480 e. The van der Waals surface area contributed by atoms with Crippen LogP contribution in [0, 0.1) is 5.92 Å². The van der Waals surface area contributed by atoms with Gasteiger partial charge in [-0.2, -0.15) is 0 Å². The molecular weight excluding hydrogens is 328 g/mol. The molecule has 1 aliphatic heterocycles. The molecule has 1 amide bonds. The topological polar surface area (TPSA) is 88.5 Å². The van der Waals surface area contributed by atoms with E-state index < -0.39 is 17.9 Å². The zero-order chi connectivity index (χ0) is 16.9. The Kier molecular flexibility index (Phi) is 5.22. The van der Waals surface area contributed by atoms with Crippen molar-refractivity contribution in [2.24, 2.45) is 5.92 Å². The van der Waals surface area contributed by atoms with E-state index in [0.29, 0.717) is 18.1 Å². The fourth-order valence-electron chi connectivity index (χ4n) is 2.72. The molecule has 0 spiro atoms. The molecule has 0 aliphatic carbocycles. The number of carboxylic acid groups (broad SMARTS) is 1. The number of carbonyl (C=O) groups is 2. The minimum atomic E-state index is -1.04. The first-order chi connectivity index (χ1) is 11.6. The van der Waals surface area contributed by atoms with Crippen LogP contribution in [0.2, 0.25) is 0 Å². The maximum Gasteiger partial charge on any atom is 0.326 e. The molecule has 0 saturated carbocycles. The Hall–Kier alpha value is -2.25. The number of rotatable bonds is 5. The monoisotopic (exact) mass is 346 g/mol. The van der Waals surface area contributed by atoms with Gasteiger partial charge in [0, 0.05) is 18.1 Å². The normalized spacial score (nSPS) is 18.8. The second-order valence-electron chi connectivity index (χ2n) is 5.66. The Morgan fingerprint density at radius 1 is 1.33 bits per heavy atom. The summed E-state index contributed by atoms with van der Waals surface area (Å²) in [6, 6.07) is 8.61. The van der Waals surface area contributed by atoms with Gasteiger partial charge in [0.25, 0.3) is 5.91 Å². The highest BCUT2D eigenvalue weighted by atomic mass is 32.1. The maximum atomic E-state index is 12.4. The SMILES string of the molecule is O=C(N[C@H](C(=O)O)[C@H]1CCCOC1)c1cnc(-c2ccccc2)s1. The van der Waals surface area contributed by atoms with Crippen LogP contribution >= 0.6 is 11.3 Å². The molecule has 7 heteroatoms. The van der Waals surface area contributed by atoms with E-state index in [-0.39, 0.29) is 5.92 Å². The first kappa shape index (κ1) is 16.6. The molecule has 2 aromatic rings. The number of carboxylic acids is 1. The summed E-state index contributed by atoms with van der Waals surface area (Å²) in [7, 11) is 0. The van der Waals surface area contributed by atoms with Crippen molar-refractivity contribution in [3.63, 3.8) is 0 Å². The average Bonchev–Trinajstić information content (AvgIpc) is 3.11. The third-order valence-corrected chi connectivity index (χ3v) is 5.01. The lowest BCUT2D eigenvalue weighted by Crippen LogP contribution is -2.48. The Labute approximate surface area is 143 Å². The molecule has 1 aromatic heterocycles. The fourth-order valence-corrected chi connectivity index (χ4v) is 3.54. The van der Waals surface area contributed by atoms with Crippen molar-refractivity contribution in [3.8, 4) is 10.6 Å². The molecule has 0 radical (unpaired) electrons. The number of amides is 1. The van der Waals surface area contributed by atoms with Gasteiger partial charge in [0.2, 0.25) is 0 Å². The van der Waals surface area contributed by atoms with Gasteiger partial charge in [0.05, 0.1) is 12.8 Å². The summed E-state index contributed by atoms with van der Waals surface area (Å²) in [6.45, 7) is 1.00. The van der Waals surface area contributed by atoms with Crippen LogP contribution in [0.4, 0.5) is 0 Å². The predicted molar refractivity (Wildman–Crippen MR) is 90.0 cm³/mol. The molecule has 1 aliphatic rings. The number of nitrogens with zero attached hydrogens (tertiary/aromatic N) is 1. The number of aliphatic carboxylic acids is 1. The maximum absolute atomic E-state index is 12.4. The smallest absolute Gasteiger partial charge is 0.326 e. The van der Waals surface area contributed by atoms with Gasteiger partial charge in [0.1, 0.15) is 15.9 Å². The number of benzene rings is 1. The van der Waals surface area contributed by atoms with E-state index in [2.05, 4.69) is 10.3 Å². The second-order valence-corrected chi connectivity index (χ2v) is 6.69. The Morgan fingerprint density at radius 2 is 2.12 bits per heavy atom. The molecule has 6 nitrogen and oxygen atoms in total. The van der Waals surface area contributed by atoms with Gasteiger partial charge < -0.3 is 15.2 Å². The zero-order valence-corrected chi connectivity index (χ0v) is 13.8. The summed E-state index contributed by atoms with van der Waals surface area (Å²) >= 11 is 1.25. The van der Waals surface area contributed by atoms with Crippen LogP contribution in [0.25, 0.3) is 10.6 Å². The summed E-state index contributed by atoms with van der Waals surface area (Å²) in [4.78, 5) is 28.6. The highest BCUT2D eigenvalue weighted by molar-refractivity contribution is 7.16. The van der Waals surface area contributed by atoms with Crippen LogP contribution in [-0.2, 0) is 9.53 Å². The molecule has 2 N–H and O–H groups in total. The number of thiazole rings is 1. The van der Waals surface area contributed by atoms with E-state index in [9.17, 15) is 14.7 Å². The van der Waals surface area contributed by atoms with Crippen LogP contribution in [0.15, 0.2) is 36.5 Å². The fraction of sp³-hybridized carbons (Fsp3) is 0.353. The van der Waals surface area contributed by atoms with E-state index in [1.54, 1.807) is 0 Å². The molecule has 1 aromatic carbocycles. The molecule has 24 heavy (non-hydrogen) atoms. The van der Waals surface area contributed by atoms with Gasteiger partial charge in [-0.05, 0) is 12.8 Å². The Balaban J connectivity index is 1.71. The summed E-state index contributed by atoms with van der Waals surface area (Å²) in [5.41, 5.74) is 0.928. The van der Waals surface area contributed by atoms with Crippen LogP contribution in [-0.4, -0.2) is 41.2 Å².